The first-order chi connectivity index (χ1) is 8.43. The van der Waals surface area contributed by atoms with Crippen molar-refractivity contribution in [3.63, 3.8) is 0 Å². The molecule has 0 bridgehead atoms. The summed E-state index contributed by atoms with van der Waals surface area (Å²) in [7, 11) is 0. The zero-order chi connectivity index (χ0) is 13.7. The van der Waals surface area contributed by atoms with Crippen LogP contribution < -0.4 is 11.1 Å². The maximum absolute atomic E-state index is 10.5. The number of nitrogen functional groups attached to an aromatic ring is 1. The van der Waals surface area contributed by atoms with Gasteiger partial charge >= 0.3 is 5.69 Å². The molecule has 100 valence electrons. The van der Waals surface area contributed by atoms with Crippen LogP contribution in [0.3, 0.4) is 0 Å². The van der Waals surface area contributed by atoms with Crippen LogP contribution in [-0.2, 0) is 0 Å². The molecule has 0 aliphatic heterocycles. The van der Waals surface area contributed by atoms with Gasteiger partial charge in [-0.25, -0.2) is 4.98 Å². The maximum atomic E-state index is 10.5. The molecule has 8 nitrogen and oxygen atoms in total. The van der Waals surface area contributed by atoms with E-state index in [2.05, 4.69) is 15.3 Å². The van der Waals surface area contributed by atoms with Crippen LogP contribution in [0.5, 0.6) is 0 Å². The molecule has 0 aromatic carbocycles. The summed E-state index contributed by atoms with van der Waals surface area (Å²) in [5.41, 5.74) is 5.12. The van der Waals surface area contributed by atoms with Crippen LogP contribution in [-0.4, -0.2) is 32.6 Å². The third-order valence-electron chi connectivity index (χ3n) is 2.30. The van der Waals surface area contributed by atoms with E-state index in [1.165, 1.54) is 0 Å². The highest BCUT2D eigenvalue weighted by Gasteiger charge is 2.16. The van der Waals surface area contributed by atoms with E-state index in [9.17, 15) is 15.2 Å². The number of hydrogen-bond donors (Lipinski definition) is 3. The normalized spacial score (nSPS) is 12.4. The van der Waals surface area contributed by atoms with Crippen LogP contribution in [0, 0.1) is 16.0 Å². The van der Waals surface area contributed by atoms with Gasteiger partial charge in [0.15, 0.2) is 0 Å². The Bertz CT molecular complexity index is 424. The Kier molecular flexibility index (Phi) is 4.78. The van der Waals surface area contributed by atoms with Gasteiger partial charge in [0.2, 0.25) is 11.8 Å². The summed E-state index contributed by atoms with van der Waals surface area (Å²) < 4.78 is 0. The van der Waals surface area contributed by atoms with Crippen molar-refractivity contribution in [2.24, 2.45) is 5.92 Å². The Hall–Kier alpha value is -1.96. The van der Waals surface area contributed by atoms with Crippen LogP contribution in [0.4, 0.5) is 17.5 Å². The van der Waals surface area contributed by atoms with E-state index in [4.69, 9.17) is 5.73 Å². The quantitative estimate of drug-likeness (QED) is 0.506. The van der Waals surface area contributed by atoms with Gasteiger partial charge in [0.1, 0.15) is 6.20 Å². The average Bonchev–Trinajstić information content (AvgIpc) is 2.27. The molecule has 4 N–H and O–H groups in total. The van der Waals surface area contributed by atoms with Crippen LogP contribution >= 0.6 is 0 Å². The first-order valence-corrected chi connectivity index (χ1v) is 5.58. The van der Waals surface area contributed by atoms with Crippen LogP contribution in [0.25, 0.3) is 0 Å². The van der Waals surface area contributed by atoms with Crippen molar-refractivity contribution in [1.29, 1.82) is 0 Å². The van der Waals surface area contributed by atoms with Gasteiger partial charge in [-0.05, 0) is 12.3 Å². The van der Waals surface area contributed by atoms with E-state index in [-0.39, 0.29) is 30.1 Å². The van der Waals surface area contributed by atoms with E-state index in [1.54, 1.807) is 0 Å². The molecule has 0 saturated carbocycles. The molecule has 1 atom stereocenters. The molecule has 0 fully saturated rings. The molecule has 0 aliphatic carbocycles. The fourth-order valence-electron chi connectivity index (χ4n) is 1.53. The summed E-state index contributed by atoms with van der Waals surface area (Å²) in [4.78, 5) is 17.5. The van der Waals surface area contributed by atoms with E-state index in [0.29, 0.717) is 5.92 Å². The highest BCUT2D eigenvalue weighted by molar-refractivity contribution is 5.53. The summed E-state index contributed by atoms with van der Waals surface area (Å²) >= 11 is 0. The summed E-state index contributed by atoms with van der Waals surface area (Å²) in [6.07, 6.45) is 1.78. The smallest absolute Gasteiger partial charge is 0.329 e. The maximum Gasteiger partial charge on any atom is 0.329 e. The molecule has 0 saturated heterocycles. The summed E-state index contributed by atoms with van der Waals surface area (Å²) in [6, 6.07) is -0.203. The molecule has 0 aliphatic rings. The molecule has 1 aromatic heterocycles. The van der Waals surface area contributed by atoms with Crippen molar-refractivity contribution in [3.05, 3.63) is 16.3 Å². The lowest BCUT2D eigenvalue weighted by Crippen LogP contribution is -2.26. The Balaban J connectivity index is 2.78. The predicted molar refractivity (Wildman–Crippen MR) is 67.1 cm³/mol. The molecule has 18 heavy (non-hydrogen) atoms. The third kappa shape index (κ3) is 3.81. The van der Waals surface area contributed by atoms with Gasteiger partial charge in [0.05, 0.1) is 17.6 Å². The minimum Gasteiger partial charge on any atom is -0.394 e. The zero-order valence-corrected chi connectivity index (χ0v) is 10.3. The fourth-order valence-corrected chi connectivity index (χ4v) is 1.53. The van der Waals surface area contributed by atoms with Crippen molar-refractivity contribution >= 4 is 17.5 Å². The van der Waals surface area contributed by atoms with Crippen molar-refractivity contribution in [2.75, 3.05) is 17.7 Å². The molecule has 1 rings (SSSR count). The van der Waals surface area contributed by atoms with Crippen molar-refractivity contribution in [3.8, 4) is 0 Å². The second-order valence-corrected chi connectivity index (χ2v) is 4.37. The fraction of sp³-hybridized carbons (Fsp3) is 0.600. The number of aromatic nitrogens is 2. The lowest BCUT2D eigenvalue weighted by atomic mass is 10.0. The lowest BCUT2D eigenvalue weighted by molar-refractivity contribution is -0.384. The second-order valence-electron chi connectivity index (χ2n) is 4.37. The average molecular weight is 255 g/mol. The lowest BCUT2D eigenvalue weighted by Gasteiger charge is -2.17. The van der Waals surface area contributed by atoms with Gasteiger partial charge in [-0.15, -0.1) is 0 Å². The number of nitro groups is 1. The first-order valence-electron chi connectivity index (χ1n) is 5.58. The van der Waals surface area contributed by atoms with Crippen LogP contribution in [0.15, 0.2) is 6.20 Å². The van der Waals surface area contributed by atoms with Gasteiger partial charge in [-0.2, -0.15) is 4.98 Å². The van der Waals surface area contributed by atoms with Gasteiger partial charge in [-0.1, -0.05) is 13.8 Å². The predicted octanol–water partition coefficient (Wildman–Crippen LogP) is 0.786. The van der Waals surface area contributed by atoms with Gasteiger partial charge < -0.3 is 16.2 Å². The molecule has 0 radical (unpaired) electrons. The number of hydrogen-bond acceptors (Lipinski definition) is 7. The number of nitrogens with two attached hydrogens (primary N) is 1. The Morgan fingerprint density at radius 1 is 1.61 bits per heavy atom. The molecule has 0 unspecified atom stereocenters. The molecule has 0 spiro atoms. The van der Waals surface area contributed by atoms with Crippen molar-refractivity contribution in [1.82, 2.24) is 9.97 Å². The zero-order valence-electron chi connectivity index (χ0n) is 10.3. The number of aliphatic hydroxyl groups is 1. The Labute approximate surface area is 104 Å². The summed E-state index contributed by atoms with van der Waals surface area (Å²) in [5.74, 6) is 0.376. The van der Waals surface area contributed by atoms with Gasteiger partial charge in [0, 0.05) is 0 Å². The molecule has 8 heteroatoms. The van der Waals surface area contributed by atoms with E-state index >= 15 is 0 Å². The number of nitrogens with one attached hydrogen (secondary N) is 1. The Morgan fingerprint density at radius 3 is 2.72 bits per heavy atom. The second kappa shape index (κ2) is 6.10. The summed E-state index contributed by atoms with van der Waals surface area (Å²) in [6.45, 7) is 3.98. The first kappa shape index (κ1) is 14.1. The number of anilines is 2. The Morgan fingerprint density at radius 2 is 2.28 bits per heavy atom. The minimum absolute atomic E-state index is 0.0710. The summed E-state index contributed by atoms with van der Waals surface area (Å²) in [5, 5.41) is 22.6. The SMILES string of the molecule is CC(C)C[C@H](CO)Nc1ncc([N+](=O)[O-])c(N)n1. The molecule has 1 aromatic rings. The number of aliphatic hydroxyl groups excluding tert-OH is 1. The molecular formula is C10H17N5O3. The molecule has 1 heterocycles. The number of rotatable bonds is 6. The standard InChI is InChI=1S/C10H17N5O3/c1-6(2)3-7(5-16)13-10-12-4-8(15(17)18)9(11)14-10/h4,6-7,16H,3,5H2,1-2H3,(H3,11,12,13,14)/t7-/m1/s1. The number of nitrogens with zero attached hydrogens (tertiary/aromatic N) is 3. The molecule has 0 amide bonds. The highest BCUT2D eigenvalue weighted by atomic mass is 16.6. The van der Waals surface area contributed by atoms with E-state index in [0.717, 1.165) is 12.6 Å². The monoisotopic (exact) mass is 255 g/mol. The van der Waals surface area contributed by atoms with Crippen LogP contribution in [0.1, 0.15) is 20.3 Å². The van der Waals surface area contributed by atoms with Gasteiger partial charge in [0.25, 0.3) is 0 Å². The van der Waals surface area contributed by atoms with E-state index < -0.39 is 4.92 Å². The highest BCUT2D eigenvalue weighted by Crippen LogP contribution is 2.19. The minimum atomic E-state index is -0.642. The molecular weight excluding hydrogens is 238 g/mol. The van der Waals surface area contributed by atoms with E-state index in [1.807, 2.05) is 13.8 Å². The topological polar surface area (TPSA) is 127 Å². The van der Waals surface area contributed by atoms with Gasteiger partial charge in [-0.3, -0.25) is 10.1 Å². The van der Waals surface area contributed by atoms with Crippen molar-refractivity contribution in [2.45, 2.75) is 26.3 Å². The third-order valence-corrected chi connectivity index (χ3v) is 2.30. The van der Waals surface area contributed by atoms with Crippen LogP contribution in [0.2, 0.25) is 0 Å². The largest absolute Gasteiger partial charge is 0.394 e. The van der Waals surface area contributed by atoms with Crippen molar-refractivity contribution < 1.29 is 10.0 Å².